The van der Waals surface area contributed by atoms with Crippen molar-refractivity contribution in [2.45, 2.75) is 31.8 Å². The molecule has 0 bridgehead atoms. The summed E-state index contributed by atoms with van der Waals surface area (Å²) >= 11 is 0. The fraction of sp³-hybridized carbons (Fsp3) is 0.583. The summed E-state index contributed by atoms with van der Waals surface area (Å²) in [6, 6.07) is 0.706. The standard InChI is InChI=1S/C12H18N2O5S/c1-13(8-10-5-7-19-9-10)20(17,18)14-6-3-2-4-11(14)12(15)16/h5,7,9,11H,2-4,6,8H2,1H3,(H,15,16). The molecule has 0 radical (unpaired) electrons. The molecule has 1 fully saturated rings. The van der Waals surface area contributed by atoms with E-state index in [0.717, 1.165) is 20.6 Å². The second-order valence-electron chi connectivity index (χ2n) is 4.86. The molecule has 1 saturated heterocycles. The Hall–Kier alpha value is -1.38. The average Bonchev–Trinajstić information content (AvgIpc) is 2.91. The summed E-state index contributed by atoms with van der Waals surface area (Å²) in [6.45, 7) is 0.400. The highest BCUT2D eigenvalue weighted by molar-refractivity contribution is 7.86. The van der Waals surface area contributed by atoms with E-state index in [9.17, 15) is 18.3 Å². The lowest BCUT2D eigenvalue weighted by atomic mass is 10.1. The molecular formula is C12H18N2O5S. The Balaban J connectivity index is 2.17. The van der Waals surface area contributed by atoms with Crippen LogP contribution in [-0.4, -0.2) is 47.7 Å². The number of rotatable bonds is 5. The van der Waals surface area contributed by atoms with Crippen molar-refractivity contribution in [2.75, 3.05) is 13.6 Å². The molecule has 112 valence electrons. The number of hydrogen-bond donors (Lipinski definition) is 1. The van der Waals surface area contributed by atoms with Gasteiger partial charge in [0.25, 0.3) is 10.2 Å². The van der Waals surface area contributed by atoms with Crippen molar-refractivity contribution in [3.63, 3.8) is 0 Å². The third-order valence-corrected chi connectivity index (χ3v) is 5.36. The Kier molecular flexibility index (Phi) is 4.46. The van der Waals surface area contributed by atoms with E-state index in [2.05, 4.69) is 0 Å². The van der Waals surface area contributed by atoms with Crippen molar-refractivity contribution in [1.29, 1.82) is 0 Å². The largest absolute Gasteiger partial charge is 0.480 e. The van der Waals surface area contributed by atoms with Crippen molar-refractivity contribution in [3.8, 4) is 0 Å². The zero-order chi connectivity index (χ0) is 14.8. The summed E-state index contributed by atoms with van der Waals surface area (Å²) in [4.78, 5) is 11.2. The van der Waals surface area contributed by atoms with E-state index in [-0.39, 0.29) is 13.1 Å². The molecule has 1 aliphatic rings. The van der Waals surface area contributed by atoms with E-state index in [1.807, 2.05) is 0 Å². The molecule has 0 saturated carbocycles. The maximum absolute atomic E-state index is 12.5. The summed E-state index contributed by atoms with van der Waals surface area (Å²) in [5.41, 5.74) is 0.722. The topological polar surface area (TPSA) is 91.1 Å². The minimum absolute atomic E-state index is 0.154. The van der Waals surface area contributed by atoms with Gasteiger partial charge in [0, 0.05) is 25.7 Å². The second-order valence-corrected chi connectivity index (χ2v) is 6.84. The molecule has 7 nitrogen and oxygen atoms in total. The number of nitrogens with zero attached hydrogens (tertiary/aromatic N) is 2. The molecule has 1 unspecified atom stereocenters. The Morgan fingerprint density at radius 2 is 2.30 bits per heavy atom. The van der Waals surface area contributed by atoms with E-state index >= 15 is 0 Å². The van der Waals surface area contributed by atoms with Crippen LogP contribution in [0.2, 0.25) is 0 Å². The van der Waals surface area contributed by atoms with Gasteiger partial charge in [0.2, 0.25) is 0 Å². The van der Waals surface area contributed by atoms with Crippen molar-refractivity contribution >= 4 is 16.2 Å². The number of aliphatic carboxylic acids is 1. The van der Waals surface area contributed by atoms with Crippen LogP contribution < -0.4 is 0 Å². The third-order valence-electron chi connectivity index (χ3n) is 3.41. The van der Waals surface area contributed by atoms with Gasteiger partial charge in [-0.2, -0.15) is 17.0 Å². The first kappa shape index (κ1) is 15.0. The van der Waals surface area contributed by atoms with E-state index < -0.39 is 22.2 Å². The predicted octanol–water partition coefficient (Wildman–Crippen LogP) is 0.895. The van der Waals surface area contributed by atoms with Gasteiger partial charge in [0.15, 0.2) is 0 Å². The lowest BCUT2D eigenvalue weighted by molar-refractivity contribution is -0.142. The molecule has 20 heavy (non-hydrogen) atoms. The molecule has 1 aliphatic heterocycles. The summed E-state index contributed by atoms with van der Waals surface area (Å²) in [5, 5.41) is 9.17. The summed E-state index contributed by atoms with van der Waals surface area (Å²) < 4.78 is 32.1. The fourth-order valence-corrected chi connectivity index (χ4v) is 3.88. The molecule has 1 aromatic heterocycles. The molecule has 1 N–H and O–H groups in total. The normalized spacial score (nSPS) is 21.2. The van der Waals surface area contributed by atoms with Crippen LogP contribution in [-0.2, 0) is 21.5 Å². The smallest absolute Gasteiger partial charge is 0.322 e. The minimum atomic E-state index is -3.79. The van der Waals surface area contributed by atoms with Crippen molar-refractivity contribution in [2.24, 2.45) is 0 Å². The number of carboxylic acid groups (broad SMARTS) is 1. The highest BCUT2D eigenvalue weighted by Crippen LogP contribution is 2.23. The molecule has 2 heterocycles. The average molecular weight is 302 g/mol. The van der Waals surface area contributed by atoms with E-state index in [1.54, 1.807) is 6.07 Å². The van der Waals surface area contributed by atoms with Gasteiger partial charge in [0.1, 0.15) is 6.04 Å². The summed E-state index contributed by atoms with van der Waals surface area (Å²) in [5.74, 6) is -1.09. The highest BCUT2D eigenvalue weighted by Gasteiger charge is 2.38. The van der Waals surface area contributed by atoms with Gasteiger partial charge in [-0.1, -0.05) is 0 Å². The van der Waals surface area contributed by atoms with E-state index in [1.165, 1.54) is 19.6 Å². The Morgan fingerprint density at radius 3 is 2.90 bits per heavy atom. The molecule has 8 heteroatoms. The van der Waals surface area contributed by atoms with Crippen LogP contribution in [0.5, 0.6) is 0 Å². The van der Waals surface area contributed by atoms with Crippen molar-refractivity contribution < 1.29 is 22.7 Å². The van der Waals surface area contributed by atoms with Gasteiger partial charge in [-0.3, -0.25) is 4.79 Å². The number of carbonyl (C=O) groups is 1. The number of furan rings is 1. The Morgan fingerprint density at radius 1 is 1.55 bits per heavy atom. The van der Waals surface area contributed by atoms with Crippen LogP contribution in [0.1, 0.15) is 24.8 Å². The zero-order valence-corrected chi connectivity index (χ0v) is 12.0. The Bertz CT molecular complexity index is 554. The molecular weight excluding hydrogens is 284 g/mol. The SMILES string of the molecule is CN(Cc1ccoc1)S(=O)(=O)N1CCCCC1C(=O)O. The van der Waals surface area contributed by atoms with Crippen LogP contribution in [0, 0.1) is 0 Å². The summed E-state index contributed by atoms with van der Waals surface area (Å²) in [6.07, 6.45) is 4.71. The zero-order valence-electron chi connectivity index (χ0n) is 11.2. The van der Waals surface area contributed by atoms with Crippen LogP contribution >= 0.6 is 0 Å². The van der Waals surface area contributed by atoms with Gasteiger partial charge >= 0.3 is 5.97 Å². The van der Waals surface area contributed by atoms with Crippen LogP contribution in [0.15, 0.2) is 23.0 Å². The lowest BCUT2D eigenvalue weighted by Gasteiger charge is -2.34. The molecule has 0 spiro atoms. The lowest BCUT2D eigenvalue weighted by Crippen LogP contribution is -2.52. The predicted molar refractivity (Wildman–Crippen MR) is 71.1 cm³/mol. The molecule has 2 rings (SSSR count). The number of hydrogen-bond acceptors (Lipinski definition) is 4. The molecule has 0 aliphatic carbocycles. The summed E-state index contributed by atoms with van der Waals surface area (Å²) in [7, 11) is -2.35. The molecule has 1 aromatic rings. The first-order valence-electron chi connectivity index (χ1n) is 6.40. The third kappa shape index (κ3) is 3.02. The van der Waals surface area contributed by atoms with Crippen molar-refractivity contribution in [1.82, 2.24) is 8.61 Å². The monoisotopic (exact) mass is 302 g/mol. The number of piperidine rings is 1. The highest BCUT2D eigenvalue weighted by atomic mass is 32.2. The molecule has 1 atom stereocenters. The maximum Gasteiger partial charge on any atom is 0.322 e. The molecule has 0 aromatic carbocycles. The molecule has 0 amide bonds. The first-order valence-corrected chi connectivity index (χ1v) is 7.79. The van der Waals surface area contributed by atoms with Crippen molar-refractivity contribution in [3.05, 3.63) is 24.2 Å². The van der Waals surface area contributed by atoms with Gasteiger partial charge in [-0.15, -0.1) is 0 Å². The van der Waals surface area contributed by atoms with Crippen LogP contribution in [0.4, 0.5) is 0 Å². The Labute approximate surface area is 118 Å². The number of carboxylic acids is 1. The van der Waals surface area contributed by atoms with Crippen LogP contribution in [0.3, 0.4) is 0 Å². The minimum Gasteiger partial charge on any atom is -0.480 e. The first-order chi connectivity index (χ1) is 9.43. The quantitative estimate of drug-likeness (QED) is 0.872. The maximum atomic E-state index is 12.5. The second kappa shape index (κ2) is 5.94. The van der Waals surface area contributed by atoms with Gasteiger partial charge < -0.3 is 9.52 Å². The van der Waals surface area contributed by atoms with Gasteiger partial charge in [0.05, 0.1) is 12.5 Å². The van der Waals surface area contributed by atoms with E-state index in [4.69, 9.17) is 4.42 Å². The fourth-order valence-electron chi connectivity index (χ4n) is 2.33. The van der Waals surface area contributed by atoms with E-state index in [0.29, 0.717) is 12.8 Å². The van der Waals surface area contributed by atoms with Gasteiger partial charge in [-0.25, -0.2) is 0 Å². The van der Waals surface area contributed by atoms with Crippen LogP contribution in [0.25, 0.3) is 0 Å². The van der Waals surface area contributed by atoms with Gasteiger partial charge in [-0.05, 0) is 25.3 Å².